The van der Waals surface area contributed by atoms with Crippen LogP contribution in [0.2, 0.25) is 0 Å². The Kier molecular flexibility index (Phi) is 5.95. The van der Waals surface area contributed by atoms with Crippen LogP contribution in [0.4, 0.5) is 5.69 Å². The molecule has 8 heteroatoms. The Balaban J connectivity index is 1.60. The third kappa shape index (κ3) is 4.25. The van der Waals surface area contributed by atoms with Gasteiger partial charge in [-0.1, -0.05) is 12.1 Å². The SMILES string of the molecule is Nc1ccccc1OC(C(=O)O)C(=O)N1CCN(C2CCNCC2)CC1. The Morgan fingerprint density at radius 1 is 1.15 bits per heavy atom. The molecule has 142 valence electrons. The monoisotopic (exact) mass is 362 g/mol. The molecular weight excluding hydrogens is 336 g/mol. The number of benzene rings is 1. The second kappa shape index (κ2) is 8.37. The summed E-state index contributed by atoms with van der Waals surface area (Å²) in [5.74, 6) is -1.62. The highest BCUT2D eigenvalue weighted by Gasteiger charge is 2.35. The van der Waals surface area contributed by atoms with Crippen molar-refractivity contribution >= 4 is 17.6 Å². The molecule has 0 spiro atoms. The van der Waals surface area contributed by atoms with Crippen molar-refractivity contribution < 1.29 is 19.4 Å². The number of nitrogens with one attached hydrogen (secondary N) is 1. The molecule has 2 aliphatic heterocycles. The Morgan fingerprint density at radius 2 is 1.81 bits per heavy atom. The van der Waals surface area contributed by atoms with E-state index in [-0.39, 0.29) is 5.75 Å². The summed E-state index contributed by atoms with van der Waals surface area (Å²) in [6.45, 7) is 4.60. The summed E-state index contributed by atoms with van der Waals surface area (Å²) in [5.41, 5.74) is 6.10. The molecule has 1 aromatic carbocycles. The number of carbonyl (C=O) groups excluding carboxylic acids is 1. The lowest BCUT2D eigenvalue weighted by Gasteiger charge is -2.41. The molecule has 3 rings (SSSR count). The molecule has 2 aliphatic rings. The number of rotatable bonds is 5. The molecule has 2 fully saturated rings. The maximum atomic E-state index is 12.7. The average Bonchev–Trinajstić information content (AvgIpc) is 2.67. The molecule has 2 saturated heterocycles. The van der Waals surface area contributed by atoms with E-state index in [0.717, 1.165) is 39.0 Å². The zero-order chi connectivity index (χ0) is 18.5. The van der Waals surface area contributed by atoms with Crippen LogP contribution in [0.15, 0.2) is 24.3 Å². The first-order valence-corrected chi connectivity index (χ1v) is 9.04. The van der Waals surface area contributed by atoms with E-state index in [1.807, 2.05) is 0 Å². The van der Waals surface area contributed by atoms with Gasteiger partial charge < -0.3 is 25.8 Å². The normalized spacial score (nSPS) is 20.5. The van der Waals surface area contributed by atoms with Crippen LogP contribution in [0.3, 0.4) is 0 Å². The van der Waals surface area contributed by atoms with E-state index in [9.17, 15) is 14.7 Å². The van der Waals surface area contributed by atoms with Crippen LogP contribution >= 0.6 is 0 Å². The fourth-order valence-corrected chi connectivity index (χ4v) is 3.57. The number of aliphatic carboxylic acids is 1. The van der Waals surface area contributed by atoms with Crippen molar-refractivity contribution in [1.29, 1.82) is 0 Å². The summed E-state index contributed by atoms with van der Waals surface area (Å²) in [6, 6.07) is 7.13. The van der Waals surface area contributed by atoms with Crippen molar-refractivity contribution in [3.63, 3.8) is 0 Å². The number of hydrogen-bond donors (Lipinski definition) is 3. The minimum atomic E-state index is -1.58. The van der Waals surface area contributed by atoms with E-state index in [0.29, 0.717) is 24.8 Å². The number of nitrogen functional groups attached to an aromatic ring is 1. The molecule has 8 nitrogen and oxygen atoms in total. The van der Waals surface area contributed by atoms with E-state index in [1.165, 1.54) is 0 Å². The number of amides is 1. The van der Waals surface area contributed by atoms with Gasteiger partial charge in [0.2, 0.25) is 0 Å². The number of hydrogen-bond acceptors (Lipinski definition) is 6. The lowest BCUT2D eigenvalue weighted by molar-refractivity contribution is -0.156. The predicted molar refractivity (Wildman–Crippen MR) is 97.0 cm³/mol. The first-order valence-electron chi connectivity index (χ1n) is 9.04. The van der Waals surface area contributed by atoms with Crippen molar-refractivity contribution in [2.75, 3.05) is 45.0 Å². The number of anilines is 1. The summed E-state index contributed by atoms with van der Waals surface area (Å²) in [7, 11) is 0. The van der Waals surface area contributed by atoms with Crippen LogP contribution in [0.25, 0.3) is 0 Å². The van der Waals surface area contributed by atoms with Crippen molar-refractivity contribution in [2.45, 2.75) is 25.0 Å². The third-order valence-corrected chi connectivity index (χ3v) is 5.06. The van der Waals surface area contributed by atoms with Gasteiger partial charge in [0.15, 0.2) is 0 Å². The molecule has 0 aromatic heterocycles. The van der Waals surface area contributed by atoms with E-state index >= 15 is 0 Å². The van der Waals surface area contributed by atoms with E-state index in [1.54, 1.807) is 29.2 Å². The van der Waals surface area contributed by atoms with Crippen molar-refractivity contribution in [2.24, 2.45) is 0 Å². The Bertz CT molecular complexity index is 640. The van der Waals surface area contributed by atoms with Crippen LogP contribution < -0.4 is 15.8 Å². The summed E-state index contributed by atoms with van der Waals surface area (Å²) in [6.07, 6.45) is 0.648. The van der Waals surface area contributed by atoms with Gasteiger partial charge in [-0.15, -0.1) is 0 Å². The van der Waals surface area contributed by atoms with Gasteiger partial charge in [0.25, 0.3) is 12.0 Å². The van der Waals surface area contributed by atoms with Crippen LogP contribution in [-0.4, -0.2) is 78.2 Å². The number of carbonyl (C=O) groups is 2. The largest absolute Gasteiger partial charge is 0.478 e. The van der Waals surface area contributed by atoms with Gasteiger partial charge in [-0.05, 0) is 38.1 Å². The molecule has 1 atom stereocenters. The fraction of sp³-hybridized carbons (Fsp3) is 0.556. The predicted octanol–water partition coefficient (Wildman–Crippen LogP) is -0.00300. The highest BCUT2D eigenvalue weighted by atomic mass is 16.5. The quantitative estimate of drug-likeness (QED) is 0.500. The van der Waals surface area contributed by atoms with Crippen LogP contribution in [0.5, 0.6) is 5.75 Å². The van der Waals surface area contributed by atoms with Crippen molar-refractivity contribution in [3.05, 3.63) is 24.3 Å². The number of piperazine rings is 1. The van der Waals surface area contributed by atoms with Crippen LogP contribution in [0.1, 0.15) is 12.8 Å². The molecule has 1 unspecified atom stereocenters. The molecule has 1 amide bonds. The number of carboxylic acids is 1. The maximum Gasteiger partial charge on any atom is 0.354 e. The minimum absolute atomic E-state index is 0.210. The summed E-state index contributed by atoms with van der Waals surface area (Å²) >= 11 is 0. The first kappa shape index (κ1) is 18.5. The van der Waals surface area contributed by atoms with Gasteiger partial charge in [-0.2, -0.15) is 0 Å². The average molecular weight is 362 g/mol. The van der Waals surface area contributed by atoms with Crippen LogP contribution in [0, 0.1) is 0 Å². The molecule has 0 radical (unpaired) electrons. The number of carboxylic acid groups (broad SMARTS) is 1. The van der Waals surface area contributed by atoms with Gasteiger partial charge in [0.05, 0.1) is 5.69 Å². The smallest absolute Gasteiger partial charge is 0.354 e. The molecule has 0 aliphatic carbocycles. The second-order valence-corrected chi connectivity index (χ2v) is 6.72. The Hall–Kier alpha value is -2.32. The molecule has 0 bridgehead atoms. The topological polar surface area (TPSA) is 108 Å². The lowest BCUT2D eigenvalue weighted by atomic mass is 10.0. The number of piperidine rings is 1. The third-order valence-electron chi connectivity index (χ3n) is 5.06. The summed E-state index contributed by atoms with van der Waals surface area (Å²) in [4.78, 5) is 28.2. The Morgan fingerprint density at radius 3 is 2.42 bits per heavy atom. The minimum Gasteiger partial charge on any atom is -0.478 e. The second-order valence-electron chi connectivity index (χ2n) is 6.72. The standard InChI is InChI=1S/C18H26N4O4/c19-14-3-1-2-4-15(14)26-16(18(24)25)17(23)22-11-9-21(10-12-22)13-5-7-20-8-6-13/h1-4,13,16,20H,5-12,19H2,(H,24,25). The van der Waals surface area contributed by atoms with Gasteiger partial charge in [-0.25, -0.2) is 4.79 Å². The van der Waals surface area contributed by atoms with Crippen molar-refractivity contribution in [3.8, 4) is 5.75 Å². The molecule has 0 saturated carbocycles. The lowest BCUT2D eigenvalue weighted by Crippen LogP contribution is -2.57. The molecule has 4 N–H and O–H groups in total. The van der Waals surface area contributed by atoms with Gasteiger partial charge >= 0.3 is 5.97 Å². The zero-order valence-electron chi connectivity index (χ0n) is 14.8. The zero-order valence-corrected chi connectivity index (χ0v) is 14.8. The molecular formula is C18H26N4O4. The van der Waals surface area contributed by atoms with Gasteiger partial charge in [0.1, 0.15) is 5.75 Å². The van der Waals surface area contributed by atoms with E-state index in [4.69, 9.17) is 10.5 Å². The van der Waals surface area contributed by atoms with Gasteiger partial charge in [0, 0.05) is 32.2 Å². The van der Waals surface area contributed by atoms with Crippen molar-refractivity contribution in [1.82, 2.24) is 15.1 Å². The molecule has 26 heavy (non-hydrogen) atoms. The maximum absolute atomic E-state index is 12.7. The number of nitrogens with two attached hydrogens (primary N) is 1. The number of para-hydroxylation sites is 2. The highest BCUT2D eigenvalue weighted by Crippen LogP contribution is 2.22. The van der Waals surface area contributed by atoms with E-state index < -0.39 is 18.0 Å². The summed E-state index contributed by atoms with van der Waals surface area (Å²) < 4.78 is 5.43. The number of ether oxygens (including phenoxy) is 1. The Labute approximate surface area is 152 Å². The summed E-state index contributed by atoms with van der Waals surface area (Å²) in [5, 5.41) is 12.8. The van der Waals surface area contributed by atoms with Crippen LogP contribution in [-0.2, 0) is 9.59 Å². The highest BCUT2D eigenvalue weighted by molar-refractivity contribution is 6.00. The van der Waals surface area contributed by atoms with Gasteiger partial charge in [-0.3, -0.25) is 9.69 Å². The molecule has 1 aromatic rings. The first-order chi connectivity index (χ1) is 12.6. The van der Waals surface area contributed by atoms with E-state index in [2.05, 4.69) is 10.2 Å². The molecule has 2 heterocycles. The number of nitrogens with zero attached hydrogens (tertiary/aromatic N) is 2. The fourth-order valence-electron chi connectivity index (χ4n) is 3.57.